The molecule has 1 aliphatic heterocycles. The Bertz CT molecular complexity index is 961. The van der Waals surface area contributed by atoms with Crippen molar-refractivity contribution in [3.05, 3.63) is 106 Å². The first-order valence-corrected chi connectivity index (χ1v) is 8.43. The van der Waals surface area contributed by atoms with Crippen LogP contribution in [0.15, 0.2) is 84.4 Å². The van der Waals surface area contributed by atoms with E-state index in [0.29, 0.717) is 21.9 Å². The molecule has 1 aliphatic rings. The summed E-state index contributed by atoms with van der Waals surface area (Å²) in [5.74, 6) is 0.577. The lowest BCUT2D eigenvalue weighted by Gasteiger charge is -2.28. The highest BCUT2D eigenvalue weighted by Crippen LogP contribution is 2.39. The zero-order valence-electron chi connectivity index (χ0n) is 13.4. The van der Waals surface area contributed by atoms with Gasteiger partial charge in [0.2, 0.25) is 0 Å². The third kappa shape index (κ3) is 2.97. The van der Waals surface area contributed by atoms with Crippen LogP contribution in [-0.4, -0.2) is 5.78 Å². The average molecular weight is 347 g/mol. The normalized spacial score (nSPS) is 17.9. The Balaban J connectivity index is 1.89. The molecule has 1 heterocycles. The Morgan fingerprint density at radius 1 is 0.840 bits per heavy atom. The van der Waals surface area contributed by atoms with E-state index in [4.69, 9.17) is 16.3 Å². The van der Waals surface area contributed by atoms with Gasteiger partial charge in [0, 0.05) is 10.6 Å². The van der Waals surface area contributed by atoms with Gasteiger partial charge in [-0.1, -0.05) is 72.3 Å². The first-order valence-electron chi connectivity index (χ1n) is 8.05. The fourth-order valence-corrected chi connectivity index (χ4v) is 3.19. The van der Waals surface area contributed by atoms with Crippen molar-refractivity contribution in [1.82, 2.24) is 0 Å². The molecular formula is C22H15ClO2. The Kier molecular flexibility index (Phi) is 4.12. The van der Waals surface area contributed by atoms with Crippen LogP contribution in [0.25, 0.3) is 6.08 Å². The van der Waals surface area contributed by atoms with Gasteiger partial charge in [-0.3, -0.25) is 4.79 Å². The molecule has 3 heteroatoms. The lowest BCUT2D eigenvalue weighted by atomic mass is 9.89. The Labute approximate surface area is 151 Å². The molecule has 0 bridgehead atoms. The van der Waals surface area contributed by atoms with Crippen LogP contribution in [0.3, 0.4) is 0 Å². The molecule has 0 fully saturated rings. The number of halogens is 1. The molecule has 2 nitrogen and oxygen atoms in total. The molecule has 1 atom stereocenters. The smallest absolute Gasteiger partial charge is 0.196 e. The van der Waals surface area contributed by atoms with Crippen LogP contribution in [0.1, 0.15) is 27.6 Å². The lowest BCUT2D eigenvalue weighted by Crippen LogP contribution is -2.23. The van der Waals surface area contributed by atoms with Crippen LogP contribution >= 0.6 is 11.6 Å². The van der Waals surface area contributed by atoms with Gasteiger partial charge in [-0.15, -0.1) is 0 Å². The summed E-state index contributed by atoms with van der Waals surface area (Å²) in [4.78, 5) is 13.1. The molecule has 0 aromatic heterocycles. The minimum Gasteiger partial charge on any atom is -0.480 e. The molecule has 0 N–H and O–H groups in total. The van der Waals surface area contributed by atoms with Crippen molar-refractivity contribution in [2.24, 2.45) is 0 Å². The van der Waals surface area contributed by atoms with Crippen molar-refractivity contribution in [2.45, 2.75) is 6.10 Å². The lowest BCUT2D eigenvalue weighted by molar-refractivity contribution is 0.0963. The van der Waals surface area contributed by atoms with Crippen molar-refractivity contribution in [1.29, 1.82) is 0 Å². The van der Waals surface area contributed by atoms with Crippen molar-refractivity contribution in [3.8, 4) is 5.75 Å². The van der Waals surface area contributed by atoms with E-state index in [-0.39, 0.29) is 5.78 Å². The van der Waals surface area contributed by atoms with E-state index in [9.17, 15) is 4.79 Å². The number of carbonyl (C=O) groups excluding carboxylic acids is 1. The Morgan fingerprint density at radius 3 is 2.32 bits per heavy atom. The van der Waals surface area contributed by atoms with Crippen LogP contribution in [0.2, 0.25) is 5.02 Å². The fraction of sp³-hybridized carbons (Fsp3) is 0.0455. The van der Waals surface area contributed by atoms with Gasteiger partial charge in [-0.25, -0.2) is 0 Å². The number of fused-ring (bicyclic) bond motifs is 1. The number of rotatable bonds is 2. The zero-order valence-corrected chi connectivity index (χ0v) is 14.1. The van der Waals surface area contributed by atoms with E-state index in [1.165, 1.54) is 0 Å². The van der Waals surface area contributed by atoms with Gasteiger partial charge in [0.05, 0.1) is 5.56 Å². The molecule has 0 aliphatic carbocycles. The molecule has 4 rings (SSSR count). The first kappa shape index (κ1) is 15.7. The van der Waals surface area contributed by atoms with Gasteiger partial charge in [-0.2, -0.15) is 0 Å². The van der Waals surface area contributed by atoms with Gasteiger partial charge >= 0.3 is 0 Å². The molecule has 0 radical (unpaired) electrons. The van der Waals surface area contributed by atoms with Crippen LogP contribution in [0, 0.1) is 0 Å². The highest BCUT2D eigenvalue weighted by Gasteiger charge is 2.32. The molecule has 3 aromatic carbocycles. The third-order valence-corrected chi connectivity index (χ3v) is 4.58. The Morgan fingerprint density at radius 2 is 1.52 bits per heavy atom. The SMILES string of the molecule is O=C1/C(=C/c2ccccc2Cl)[C@H](c2ccccc2)Oc2ccccc21. The van der Waals surface area contributed by atoms with Crippen LogP contribution < -0.4 is 4.74 Å². The zero-order chi connectivity index (χ0) is 17.2. The second-order valence-electron chi connectivity index (χ2n) is 5.86. The second-order valence-corrected chi connectivity index (χ2v) is 6.26. The van der Waals surface area contributed by atoms with Crippen LogP contribution in [-0.2, 0) is 0 Å². The van der Waals surface area contributed by atoms with Crippen molar-refractivity contribution < 1.29 is 9.53 Å². The summed E-state index contributed by atoms with van der Waals surface area (Å²) in [6.07, 6.45) is 1.37. The minimum atomic E-state index is -0.458. The number of Topliss-reactive ketones (excluding diaryl/α,β-unsaturated/α-hetero) is 1. The summed E-state index contributed by atoms with van der Waals surface area (Å²) in [5.41, 5.74) is 2.89. The van der Waals surface area contributed by atoms with E-state index >= 15 is 0 Å². The van der Waals surface area contributed by atoms with Crippen LogP contribution in [0.4, 0.5) is 0 Å². The standard InChI is InChI=1S/C22H15ClO2/c23-19-12-6-4-10-16(19)14-18-21(24)17-11-5-7-13-20(17)25-22(18)15-8-2-1-3-9-15/h1-14,22H/b18-14-/t22-/m0/s1. The number of hydrogen-bond donors (Lipinski definition) is 0. The Hall–Kier alpha value is -2.84. The summed E-state index contributed by atoms with van der Waals surface area (Å²) in [6.45, 7) is 0. The predicted molar refractivity (Wildman–Crippen MR) is 100 cm³/mol. The molecule has 25 heavy (non-hydrogen) atoms. The van der Waals surface area contributed by atoms with Gasteiger partial charge in [0.15, 0.2) is 11.9 Å². The molecule has 0 saturated carbocycles. The summed E-state index contributed by atoms with van der Waals surface area (Å²) in [7, 11) is 0. The number of para-hydroxylation sites is 1. The van der Waals surface area contributed by atoms with E-state index in [1.807, 2.05) is 78.9 Å². The molecular weight excluding hydrogens is 332 g/mol. The molecule has 3 aromatic rings. The van der Waals surface area contributed by atoms with Gasteiger partial charge in [0.25, 0.3) is 0 Å². The van der Waals surface area contributed by atoms with Gasteiger partial charge in [0.1, 0.15) is 5.75 Å². The third-order valence-electron chi connectivity index (χ3n) is 4.24. The highest BCUT2D eigenvalue weighted by atomic mass is 35.5. The number of benzene rings is 3. The van der Waals surface area contributed by atoms with Crippen molar-refractivity contribution >= 4 is 23.5 Å². The maximum atomic E-state index is 13.1. The van der Waals surface area contributed by atoms with Gasteiger partial charge in [-0.05, 0) is 35.4 Å². The molecule has 0 unspecified atom stereocenters. The maximum Gasteiger partial charge on any atom is 0.196 e. The van der Waals surface area contributed by atoms with Crippen molar-refractivity contribution in [2.75, 3.05) is 0 Å². The quantitative estimate of drug-likeness (QED) is 0.553. The number of ether oxygens (including phenoxy) is 1. The number of ketones is 1. The van der Waals surface area contributed by atoms with Gasteiger partial charge < -0.3 is 4.74 Å². The summed E-state index contributed by atoms with van der Waals surface area (Å²) in [5, 5.41) is 0.605. The van der Waals surface area contributed by atoms with E-state index in [2.05, 4.69) is 0 Å². The molecule has 0 amide bonds. The predicted octanol–water partition coefficient (Wildman–Crippen LogP) is 5.74. The maximum absolute atomic E-state index is 13.1. The van der Waals surface area contributed by atoms with Crippen molar-refractivity contribution in [3.63, 3.8) is 0 Å². The number of carbonyl (C=O) groups is 1. The van der Waals surface area contributed by atoms with E-state index < -0.39 is 6.10 Å². The number of hydrogen-bond acceptors (Lipinski definition) is 2. The average Bonchev–Trinajstić information content (AvgIpc) is 2.66. The van der Waals surface area contributed by atoms with E-state index in [1.54, 1.807) is 6.07 Å². The highest BCUT2D eigenvalue weighted by molar-refractivity contribution is 6.32. The molecule has 122 valence electrons. The summed E-state index contributed by atoms with van der Waals surface area (Å²) < 4.78 is 6.18. The monoisotopic (exact) mass is 346 g/mol. The molecule has 0 spiro atoms. The first-order chi connectivity index (χ1) is 12.2. The fourth-order valence-electron chi connectivity index (χ4n) is 3.00. The summed E-state index contributed by atoms with van der Waals surface area (Å²) in [6, 6.07) is 24.6. The largest absolute Gasteiger partial charge is 0.480 e. The van der Waals surface area contributed by atoms with E-state index in [0.717, 1.165) is 11.1 Å². The van der Waals surface area contributed by atoms with Crippen LogP contribution in [0.5, 0.6) is 5.75 Å². The minimum absolute atomic E-state index is 0.0318. The second kappa shape index (κ2) is 6.58. The summed E-state index contributed by atoms with van der Waals surface area (Å²) >= 11 is 6.29. The topological polar surface area (TPSA) is 26.3 Å². The molecule has 0 saturated heterocycles.